The van der Waals surface area contributed by atoms with Gasteiger partial charge in [0, 0.05) is 23.6 Å². The molecule has 0 radical (unpaired) electrons. The van der Waals surface area contributed by atoms with Crippen molar-refractivity contribution in [2.45, 2.75) is 0 Å². The average molecular weight is 393 g/mol. The highest BCUT2D eigenvalue weighted by atomic mass is 35.5. The van der Waals surface area contributed by atoms with E-state index in [1.165, 1.54) is 18.5 Å². The summed E-state index contributed by atoms with van der Waals surface area (Å²) in [6.07, 6.45) is 1.40. The van der Waals surface area contributed by atoms with Crippen molar-refractivity contribution in [3.8, 4) is 0 Å². The number of hydrogen-bond acceptors (Lipinski definition) is 5. The van der Waals surface area contributed by atoms with Gasteiger partial charge in [-0.1, -0.05) is 23.2 Å². The van der Waals surface area contributed by atoms with Crippen LogP contribution in [-0.4, -0.2) is 36.0 Å². The fourth-order valence-electron chi connectivity index (χ4n) is 2.58. The Balaban J connectivity index is 2.16. The Kier molecular flexibility index (Phi) is 4.70. The number of quaternary nitrogens is 1. The van der Waals surface area contributed by atoms with Gasteiger partial charge in [-0.3, -0.25) is 14.6 Å². The zero-order valence-electron chi connectivity index (χ0n) is 14.3. The maximum absolute atomic E-state index is 11.1. The van der Waals surface area contributed by atoms with Gasteiger partial charge >= 0.3 is 0 Å². The van der Waals surface area contributed by atoms with Crippen LogP contribution in [0.1, 0.15) is 0 Å². The Hall–Kier alpha value is -2.48. The highest BCUT2D eigenvalue weighted by Gasteiger charge is 2.21. The first kappa shape index (κ1) is 18.3. The smallest absolute Gasteiger partial charge is 0.270 e. The Labute approximate surface area is 159 Å². The molecule has 9 heteroatoms. The van der Waals surface area contributed by atoms with Crippen LogP contribution in [0.25, 0.3) is 10.9 Å². The molecule has 7 nitrogen and oxygen atoms in total. The minimum absolute atomic E-state index is 0.0312. The molecule has 3 aromatic rings. The van der Waals surface area contributed by atoms with Gasteiger partial charge in [0.25, 0.3) is 5.69 Å². The van der Waals surface area contributed by atoms with E-state index in [1.54, 1.807) is 18.2 Å². The zero-order valence-corrected chi connectivity index (χ0v) is 15.8. The third-order valence-corrected chi connectivity index (χ3v) is 4.57. The van der Waals surface area contributed by atoms with Crippen molar-refractivity contribution in [2.75, 3.05) is 26.5 Å². The minimum atomic E-state index is -0.452. The number of nitrogens with zero attached hydrogens (tertiary/aromatic N) is 4. The molecule has 2 aromatic carbocycles. The van der Waals surface area contributed by atoms with Crippen LogP contribution in [0.5, 0.6) is 0 Å². The number of fused-ring (bicyclic) bond motifs is 1. The second-order valence-electron chi connectivity index (χ2n) is 6.60. The number of hydrogen-bond donors (Lipinski definition) is 1. The number of nitro benzene ring substituents is 1. The van der Waals surface area contributed by atoms with Crippen molar-refractivity contribution in [3.05, 3.63) is 56.8 Å². The molecule has 1 N–H and O–H groups in total. The van der Waals surface area contributed by atoms with Gasteiger partial charge in [-0.15, -0.1) is 0 Å². The number of halogens is 2. The summed E-state index contributed by atoms with van der Waals surface area (Å²) in [7, 11) is 5.98. The van der Waals surface area contributed by atoms with Crippen molar-refractivity contribution < 1.29 is 4.92 Å². The fraction of sp³-hybridized carbons (Fsp3) is 0.176. The molecule has 0 saturated heterocycles. The molecule has 0 aliphatic carbocycles. The van der Waals surface area contributed by atoms with Crippen molar-refractivity contribution in [2.24, 2.45) is 0 Å². The number of nitrogens with one attached hydrogen (secondary N) is 1. The number of aromatic nitrogens is 2. The van der Waals surface area contributed by atoms with Crippen LogP contribution < -0.4 is 9.80 Å². The number of benzene rings is 2. The molecular weight excluding hydrogens is 377 g/mol. The number of non-ortho nitro benzene ring substituents is 1. The topological polar surface area (TPSA) is 81.0 Å². The molecule has 134 valence electrons. The summed E-state index contributed by atoms with van der Waals surface area (Å²) in [5, 5.41) is 15.7. The largest absolute Gasteiger partial charge is 0.335 e. The quantitative estimate of drug-likeness (QED) is 0.392. The van der Waals surface area contributed by atoms with Gasteiger partial charge in [0.05, 0.1) is 41.6 Å². The van der Waals surface area contributed by atoms with Gasteiger partial charge in [0.2, 0.25) is 0 Å². The van der Waals surface area contributed by atoms with Crippen LogP contribution in [0.3, 0.4) is 0 Å². The summed E-state index contributed by atoms with van der Waals surface area (Å²) in [6, 6.07) is 7.96. The second kappa shape index (κ2) is 6.68. The Bertz CT molecular complexity index is 1020. The lowest BCUT2D eigenvalue weighted by atomic mass is 10.2. The summed E-state index contributed by atoms with van der Waals surface area (Å²) in [5.41, 5.74) is 2.16. The van der Waals surface area contributed by atoms with Crippen LogP contribution >= 0.6 is 23.2 Å². The van der Waals surface area contributed by atoms with Crippen molar-refractivity contribution >= 4 is 57.0 Å². The summed E-state index contributed by atoms with van der Waals surface area (Å²) in [4.78, 5) is 19.1. The molecule has 0 atom stereocenters. The van der Waals surface area contributed by atoms with Crippen LogP contribution in [0, 0.1) is 10.1 Å². The number of rotatable bonds is 4. The maximum Gasteiger partial charge on any atom is 0.270 e. The maximum atomic E-state index is 11.1. The molecule has 0 aliphatic rings. The lowest BCUT2D eigenvalue weighted by Crippen LogP contribution is -2.35. The Morgan fingerprint density at radius 2 is 1.77 bits per heavy atom. The van der Waals surface area contributed by atoms with Gasteiger partial charge in [-0.05, 0) is 12.1 Å². The summed E-state index contributed by atoms with van der Waals surface area (Å²) >= 11 is 12.4. The Morgan fingerprint density at radius 1 is 1.08 bits per heavy atom. The van der Waals surface area contributed by atoms with Gasteiger partial charge < -0.3 is 5.32 Å². The summed E-state index contributed by atoms with van der Waals surface area (Å²) in [6.45, 7) is 0. The van der Waals surface area contributed by atoms with E-state index in [0.717, 1.165) is 5.69 Å². The van der Waals surface area contributed by atoms with Gasteiger partial charge in [-0.25, -0.2) is 9.97 Å². The van der Waals surface area contributed by atoms with Crippen LogP contribution in [0.2, 0.25) is 10.0 Å². The SMILES string of the molecule is C[N+](C)(C)c1cc(Cl)c(Cl)cc1Nc1ncnc2ccc([N+](=O)[O-])cc12. The minimum Gasteiger partial charge on any atom is -0.335 e. The fourth-order valence-corrected chi connectivity index (χ4v) is 2.90. The highest BCUT2D eigenvalue weighted by Crippen LogP contribution is 2.38. The third kappa shape index (κ3) is 3.55. The predicted molar refractivity (Wildman–Crippen MR) is 106 cm³/mol. The molecule has 0 unspecified atom stereocenters. The average Bonchev–Trinajstić information content (AvgIpc) is 2.56. The van der Waals surface area contributed by atoms with Gasteiger partial charge in [-0.2, -0.15) is 0 Å². The molecule has 3 rings (SSSR count). The molecule has 0 saturated carbocycles. The normalized spacial score (nSPS) is 11.6. The molecule has 0 spiro atoms. The first-order chi connectivity index (χ1) is 12.2. The van der Waals surface area contributed by atoms with Gasteiger partial charge in [0.15, 0.2) is 5.69 Å². The van der Waals surface area contributed by atoms with Crippen LogP contribution in [-0.2, 0) is 0 Å². The van der Waals surface area contributed by atoms with Crippen molar-refractivity contribution in [3.63, 3.8) is 0 Å². The summed E-state index contributed by atoms with van der Waals surface area (Å²) < 4.78 is 0.488. The van der Waals surface area contributed by atoms with E-state index >= 15 is 0 Å². The summed E-state index contributed by atoms with van der Waals surface area (Å²) in [5.74, 6) is 0.451. The monoisotopic (exact) mass is 392 g/mol. The molecule has 0 amide bonds. The van der Waals surface area contributed by atoms with E-state index in [1.807, 2.05) is 21.1 Å². The number of nitro groups is 1. The molecule has 1 heterocycles. The molecule has 1 aromatic heterocycles. The Morgan fingerprint density at radius 3 is 2.42 bits per heavy atom. The van der Waals surface area contributed by atoms with E-state index in [9.17, 15) is 10.1 Å². The van der Waals surface area contributed by atoms with E-state index in [2.05, 4.69) is 15.3 Å². The third-order valence-electron chi connectivity index (χ3n) is 3.84. The highest BCUT2D eigenvalue weighted by molar-refractivity contribution is 6.42. The van der Waals surface area contributed by atoms with Crippen LogP contribution in [0.15, 0.2) is 36.7 Å². The van der Waals surface area contributed by atoms with Crippen molar-refractivity contribution in [1.29, 1.82) is 0 Å². The molecular formula is C17H16Cl2N5O2+. The van der Waals surface area contributed by atoms with Gasteiger partial charge in [0.1, 0.15) is 17.8 Å². The lowest BCUT2D eigenvalue weighted by Gasteiger charge is -2.26. The van der Waals surface area contributed by atoms with Crippen LogP contribution in [0.4, 0.5) is 22.9 Å². The van der Waals surface area contributed by atoms with E-state index in [-0.39, 0.29) is 5.69 Å². The first-order valence-electron chi connectivity index (χ1n) is 7.64. The second-order valence-corrected chi connectivity index (χ2v) is 7.42. The van der Waals surface area contributed by atoms with E-state index in [4.69, 9.17) is 23.2 Å². The van der Waals surface area contributed by atoms with Crippen molar-refractivity contribution in [1.82, 2.24) is 14.5 Å². The molecule has 0 aliphatic heterocycles. The van der Waals surface area contributed by atoms with E-state index < -0.39 is 4.92 Å². The first-order valence-corrected chi connectivity index (χ1v) is 8.39. The standard InChI is InChI=1S/C17H16Cl2N5O2/c1-24(2,3)16-8-13(19)12(18)7-15(16)22-17-11-6-10(23(25)26)4-5-14(11)20-9-21-17/h4-9H,1-3H3,(H,20,21,22)/q+1. The molecule has 0 bridgehead atoms. The zero-order chi connectivity index (χ0) is 19.1. The molecule has 0 fully saturated rings. The lowest BCUT2D eigenvalue weighted by molar-refractivity contribution is -0.384. The molecule has 26 heavy (non-hydrogen) atoms. The predicted octanol–water partition coefficient (Wildman–Crippen LogP) is 4.79. The number of anilines is 2. The van der Waals surface area contributed by atoms with E-state index in [0.29, 0.717) is 36.9 Å².